The lowest BCUT2D eigenvalue weighted by molar-refractivity contribution is 0.00483. The van der Waals surface area contributed by atoms with Gasteiger partial charge in [0.15, 0.2) is 0 Å². The van der Waals surface area contributed by atoms with Crippen LogP contribution in [0.1, 0.15) is 25.5 Å². The van der Waals surface area contributed by atoms with Gasteiger partial charge in [-0.05, 0) is 31.5 Å². The molecule has 0 heterocycles. The molecule has 4 heteroatoms. The van der Waals surface area contributed by atoms with E-state index in [4.69, 9.17) is 16.3 Å². The molecule has 1 N–H and O–H groups in total. The molecule has 84 valence electrons. The molecule has 0 bridgehead atoms. The molecule has 0 aliphatic heterocycles. The summed E-state index contributed by atoms with van der Waals surface area (Å²) in [5, 5.41) is 9.70. The Hall–Kier alpha value is -0.640. The first kappa shape index (κ1) is 12.4. The quantitative estimate of drug-likeness (QED) is 0.865. The summed E-state index contributed by atoms with van der Waals surface area (Å²) >= 11 is 5.52. The molecule has 1 rings (SSSR count). The van der Waals surface area contributed by atoms with Crippen LogP contribution in [0, 0.1) is 5.82 Å². The van der Waals surface area contributed by atoms with Crippen molar-refractivity contribution in [3.63, 3.8) is 0 Å². The van der Waals surface area contributed by atoms with Crippen LogP contribution in [-0.4, -0.2) is 17.8 Å². The summed E-state index contributed by atoms with van der Waals surface area (Å²) in [7, 11) is 0. The van der Waals surface area contributed by atoms with Gasteiger partial charge < -0.3 is 9.84 Å². The highest BCUT2D eigenvalue weighted by molar-refractivity contribution is 6.30. The molecule has 0 unspecified atom stereocenters. The van der Waals surface area contributed by atoms with E-state index in [1.807, 2.05) is 13.8 Å². The summed E-state index contributed by atoms with van der Waals surface area (Å²) in [6, 6.07) is 4.22. The van der Waals surface area contributed by atoms with E-state index in [0.717, 1.165) is 0 Å². The van der Waals surface area contributed by atoms with Gasteiger partial charge in [-0.1, -0.05) is 17.7 Å². The van der Waals surface area contributed by atoms with Gasteiger partial charge in [0, 0.05) is 0 Å². The summed E-state index contributed by atoms with van der Waals surface area (Å²) in [6.07, 6.45) is -0.782. The molecule has 0 aliphatic carbocycles. The molecular formula is C11H14ClFO2. The van der Waals surface area contributed by atoms with Crippen LogP contribution in [0.15, 0.2) is 18.2 Å². The Bertz CT molecular complexity index is 328. The van der Waals surface area contributed by atoms with Crippen LogP contribution in [-0.2, 0) is 4.74 Å². The standard InChI is InChI=1S/C11H14ClFO2/c1-7(2)15-6-11(14)8-3-4-9(12)10(13)5-8/h3-5,7,11,14H,6H2,1-2H3/t11-/m1/s1. The lowest BCUT2D eigenvalue weighted by Crippen LogP contribution is -2.12. The van der Waals surface area contributed by atoms with Crippen LogP contribution >= 0.6 is 11.6 Å². The molecule has 0 amide bonds. The van der Waals surface area contributed by atoms with E-state index < -0.39 is 11.9 Å². The van der Waals surface area contributed by atoms with Gasteiger partial charge >= 0.3 is 0 Å². The molecule has 0 aromatic heterocycles. The van der Waals surface area contributed by atoms with Gasteiger partial charge in [0.1, 0.15) is 11.9 Å². The number of ether oxygens (including phenoxy) is 1. The van der Waals surface area contributed by atoms with Crippen LogP contribution < -0.4 is 0 Å². The third-order valence-electron chi connectivity index (χ3n) is 1.92. The minimum atomic E-state index is -0.820. The number of aliphatic hydroxyl groups is 1. The van der Waals surface area contributed by atoms with Crippen LogP contribution in [0.3, 0.4) is 0 Å². The fraction of sp³-hybridized carbons (Fsp3) is 0.455. The van der Waals surface area contributed by atoms with Gasteiger partial charge in [-0.2, -0.15) is 0 Å². The average molecular weight is 233 g/mol. The number of hydrogen-bond donors (Lipinski definition) is 1. The summed E-state index contributed by atoms with van der Waals surface area (Å²) in [6.45, 7) is 3.89. The van der Waals surface area contributed by atoms with Crippen molar-refractivity contribution in [1.82, 2.24) is 0 Å². The van der Waals surface area contributed by atoms with E-state index in [0.29, 0.717) is 5.56 Å². The predicted molar refractivity (Wildman–Crippen MR) is 57.5 cm³/mol. The van der Waals surface area contributed by atoms with Crippen molar-refractivity contribution < 1.29 is 14.2 Å². The molecule has 0 saturated carbocycles. The highest BCUT2D eigenvalue weighted by atomic mass is 35.5. The summed E-state index contributed by atoms with van der Waals surface area (Å²) in [4.78, 5) is 0. The van der Waals surface area contributed by atoms with Crippen LogP contribution in [0.4, 0.5) is 4.39 Å². The molecule has 1 aromatic rings. The number of benzene rings is 1. The Morgan fingerprint density at radius 3 is 2.67 bits per heavy atom. The topological polar surface area (TPSA) is 29.5 Å². The second kappa shape index (κ2) is 5.45. The number of halogens is 2. The lowest BCUT2D eigenvalue weighted by Gasteiger charge is -2.13. The molecule has 0 aliphatic rings. The van der Waals surface area contributed by atoms with Gasteiger partial charge in [-0.25, -0.2) is 4.39 Å². The van der Waals surface area contributed by atoms with Crippen LogP contribution in [0.5, 0.6) is 0 Å². The summed E-state index contributed by atoms with van der Waals surface area (Å²) in [5.74, 6) is -0.530. The highest BCUT2D eigenvalue weighted by Gasteiger charge is 2.10. The molecule has 15 heavy (non-hydrogen) atoms. The molecule has 0 fully saturated rings. The molecule has 0 spiro atoms. The van der Waals surface area contributed by atoms with Gasteiger partial charge in [-0.3, -0.25) is 0 Å². The fourth-order valence-electron chi connectivity index (χ4n) is 1.10. The number of hydrogen-bond acceptors (Lipinski definition) is 2. The first-order chi connectivity index (χ1) is 7.00. The van der Waals surface area contributed by atoms with Gasteiger partial charge in [-0.15, -0.1) is 0 Å². The zero-order chi connectivity index (χ0) is 11.4. The van der Waals surface area contributed by atoms with E-state index in [1.165, 1.54) is 12.1 Å². The second-order valence-electron chi connectivity index (χ2n) is 3.57. The lowest BCUT2D eigenvalue weighted by atomic mass is 10.1. The smallest absolute Gasteiger partial charge is 0.142 e. The number of aliphatic hydroxyl groups excluding tert-OH is 1. The zero-order valence-corrected chi connectivity index (χ0v) is 9.46. The normalized spacial score (nSPS) is 13.2. The van der Waals surface area contributed by atoms with E-state index in [1.54, 1.807) is 6.07 Å². The monoisotopic (exact) mass is 232 g/mol. The Morgan fingerprint density at radius 1 is 1.47 bits per heavy atom. The summed E-state index contributed by atoms with van der Waals surface area (Å²) < 4.78 is 18.3. The largest absolute Gasteiger partial charge is 0.386 e. The van der Waals surface area contributed by atoms with Crippen molar-refractivity contribution >= 4 is 11.6 Å². The summed E-state index contributed by atoms with van der Waals surface area (Å²) in [5.41, 5.74) is 0.470. The van der Waals surface area contributed by atoms with Crippen molar-refractivity contribution in [3.8, 4) is 0 Å². The van der Waals surface area contributed by atoms with Crippen molar-refractivity contribution in [2.45, 2.75) is 26.1 Å². The Balaban J connectivity index is 2.65. The molecule has 1 aromatic carbocycles. The highest BCUT2D eigenvalue weighted by Crippen LogP contribution is 2.20. The SMILES string of the molecule is CC(C)OC[C@@H](O)c1ccc(Cl)c(F)c1. The van der Waals surface area contributed by atoms with Crippen LogP contribution in [0.2, 0.25) is 5.02 Å². The maximum Gasteiger partial charge on any atom is 0.142 e. The Labute approximate surface area is 93.6 Å². The van der Waals surface area contributed by atoms with Crippen molar-refractivity contribution in [1.29, 1.82) is 0 Å². The molecule has 0 saturated heterocycles. The molecule has 2 nitrogen and oxygen atoms in total. The molecular weight excluding hydrogens is 219 g/mol. The fourth-order valence-corrected chi connectivity index (χ4v) is 1.22. The molecule has 1 atom stereocenters. The zero-order valence-electron chi connectivity index (χ0n) is 8.71. The van der Waals surface area contributed by atoms with Gasteiger partial charge in [0.2, 0.25) is 0 Å². The van der Waals surface area contributed by atoms with Gasteiger partial charge in [0.05, 0.1) is 17.7 Å². The average Bonchev–Trinajstić information content (AvgIpc) is 2.18. The predicted octanol–water partition coefficient (Wildman–Crippen LogP) is 2.94. The molecule has 0 radical (unpaired) electrons. The van der Waals surface area contributed by atoms with E-state index in [-0.39, 0.29) is 17.7 Å². The maximum absolute atomic E-state index is 13.1. The minimum Gasteiger partial charge on any atom is -0.386 e. The van der Waals surface area contributed by atoms with E-state index in [9.17, 15) is 9.50 Å². The minimum absolute atomic E-state index is 0.0387. The Kier molecular flexibility index (Phi) is 4.51. The van der Waals surface area contributed by atoms with Crippen molar-refractivity contribution in [2.24, 2.45) is 0 Å². The van der Waals surface area contributed by atoms with Gasteiger partial charge in [0.25, 0.3) is 0 Å². The van der Waals surface area contributed by atoms with E-state index in [2.05, 4.69) is 0 Å². The number of rotatable bonds is 4. The van der Waals surface area contributed by atoms with Crippen molar-refractivity contribution in [2.75, 3.05) is 6.61 Å². The Morgan fingerprint density at radius 2 is 2.13 bits per heavy atom. The first-order valence-corrected chi connectivity index (χ1v) is 5.13. The van der Waals surface area contributed by atoms with Crippen molar-refractivity contribution in [3.05, 3.63) is 34.6 Å². The third kappa shape index (κ3) is 3.78. The second-order valence-corrected chi connectivity index (χ2v) is 3.98. The van der Waals surface area contributed by atoms with Crippen LogP contribution in [0.25, 0.3) is 0 Å². The first-order valence-electron chi connectivity index (χ1n) is 4.75. The maximum atomic E-state index is 13.1. The van der Waals surface area contributed by atoms with E-state index >= 15 is 0 Å². The third-order valence-corrected chi connectivity index (χ3v) is 2.22.